The van der Waals surface area contributed by atoms with Gasteiger partial charge < -0.3 is 9.64 Å². The van der Waals surface area contributed by atoms with Crippen LogP contribution in [0.15, 0.2) is 84.9 Å². The Morgan fingerprint density at radius 1 is 0.839 bits per heavy atom. The average molecular weight is 412 g/mol. The van der Waals surface area contributed by atoms with Crippen molar-refractivity contribution in [3.8, 4) is 11.8 Å². The van der Waals surface area contributed by atoms with Crippen LogP contribution >= 0.6 is 0 Å². The van der Waals surface area contributed by atoms with E-state index in [1.54, 1.807) is 24.3 Å². The number of piperazine rings is 1. The number of nitrogens with zero attached hydrogens (tertiary/aromatic N) is 3. The van der Waals surface area contributed by atoms with Crippen molar-refractivity contribution in [3.05, 3.63) is 102 Å². The molecule has 5 heteroatoms. The number of benzene rings is 3. The van der Waals surface area contributed by atoms with Gasteiger partial charge in [0.2, 0.25) is 0 Å². The predicted molar refractivity (Wildman–Crippen MR) is 120 cm³/mol. The molecule has 0 spiro atoms. The van der Waals surface area contributed by atoms with E-state index in [1.807, 2.05) is 17.0 Å². The minimum atomic E-state index is -0.0561. The third kappa shape index (κ3) is 4.93. The third-order valence-electron chi connectivity index (χ3n) is 5.62. The lowest BCUT2D eigenvalue weighted by Crippen LogP contribution is -2.51. The number of nitriles is 1. The molecule has 0 aromatic heterocycles. The number of amides is 1. The predicted octanol–water partition coefficient (Wildman–Crippen LogP) is 3.87. The van der Waals surface area contributed by atoms with Crippen molar-refractivity contribution >= 4 is 5.91 Å². The van der Waals surface area contributed by atoms with Crippen LogP contribution in [0, 0.1) is 11.3 Å². The largest absolute Gasteiger partial charge is 0.482 e. The standard InChI is InChI=1S/C26H25N3O2/c27-19-23-13-7-8-14-24(23)31-20-25(30)28-15-17-29(18-16-28)26(21-9-3-1-4-10-21)22-11-5-2-6-12-22/h1-14,26H,15-18,20H2. The van der Waals surface area contributed by atoms with Gasteiger partial charge in [0.25, 0.3) is 5.91 Å². The lowest BCUT2D eigenvalue weighted by Gasteiger charge is -2.39. The summed E-state index contributed by atoms with van der Waals surface area (Å²) in [5.74, 6) is 0.397. The minimum absolute atomic E-state index is 0.0524. The maximum atomic E-state index is 12.7. The van der Waals surface area contributed by atoms with Gasteiger partial charge in [-0.25, -0.2) is 0 Å². The number of hydrogen-bond donors (Lipinski definition) is 0. The fraction of sp³-hybridized carbons (Fsp3) is 0.231. The molecule has 0 radical (unpaired) electrons. The first-order valence-electron chi connectivity index (χ1n) is 10.5. The molecule has 1 fully saturated rings. The van der Waals surface area contributed by atoms with Gasteiger partial charge in [0.05, 0.1) is 11.6 Å². The van der Waals surface area contributed by atoms with Crippen LogP contribution in [0.25, 0.3) is 0 Å². The van der Waals surface area contributed by atoms with Gasteiger partial charge in [0.15, 0.2) is 6.61 Å². The van der Waals surface area contributed by atoms with Crippen LogP contribution in [0.2, 0.25) is 0 Å². The Hall–Kier alpha value is -3.62. The third-order valence-corrected chi connectivity index (χ3v) is 5.62. The summed E-state index contributed by atoms with van der Waals surface area (Å²) in [6, 6.07) is 30.2. The van der Waals surface area contributed by atoms with E-state index in [2.05, 4.69) is 59.5 Å². The lowest BCUT2D eigenvalue weighted by molar-refractivity contribution is -0.135. The van der Waals surface area contributed by atoms with Crippen LogP contribution in [-0.2, 0) is 4.79 Å². The van der Waals surface area contributed by atoms with Gasteiger partial charge in [0.1, 0.15) is 11.8 Å². The molecule has 0 bridgehead atoms. The molecule has 1 aliphatic rings. The second-order valence-corrected chi connectivity index (χ2v) is 7.54. The minimum Gasteiger partial charge on any atom is -0.482 e. The summed E-state index contributed by atoms with van der Waals surface area (Å²) < 4.78 is 5.63. The maximum Gasteiger partial charge on any atom is 0.260 e. The first kappa shape index (κ1) is 20.6. The SMILES string of the molecule is N#Cc1ccccc1OCC(=O)N1CCN(C(c2ccccc2)c2ccccc2)CC1. The highest BCUT2D eigenvalue weighted by Crippen LogP contribution is 2.29. The zero-order valence-electron chi connectivity index (χ0n) is 17.4. The molecule has 5 nitrogen and oxygen atoms in total. The van der Waals surface area contributed by atoms with E-state index in [0.717, 1.165) is 13.1 Å². The Balaban J connectivity index is 1.40. The molecule has 0 atom stereocenters. The molecule has 31 heavy (non-hydrogen) atoms. The smallest absolute Gasteiger partial charge is 0.260 e. The second-order valence-electron chi connectivity index (χ2n) is 7.54. The molecule has 1 aliphatic heterocycles. The molecule has 0 saturated carbocycles. The van der Waals surface area contributed by atoms with Crippen LogP contribution < -0.4 is 4.74 Å². The van der Waals surface area contributed by atoms with Gasteiger partial charge in [-0.3, -0.25) is 9.69 Å². The van der Waals surface area contributed by atoms with Crippen molar-refractivity contribution in [1.82, 2.24) is 9.80 Å². The van der Waals surface area contributed by atoms with Gasteiger partial charge in [-0.05, 0) is 23.3 Å². The van der Waals surface area contributed by atoms with Crippen LogP contribution in [0.1, 0.15) is 22.7 Å². The van der Waals surface area contributed by atoms with Gasteiger partial charge in [0, 0.05) is 26.2 Å². The van der Waals surface area contributed by atoms with Crippen LogP contribution in [0.5, 0.6) is 5.75 Å². The van der Waals surface area contributed by atoms with E-state index < -0.39 is 0 Å². The van der Waals surface area contributed by atoms with Crippen molar-refractivity contribution in [2.24, 2.45) is 0 Å². The van der Waals surface area contributed by atoms with E-state index >= 15 is 0 Å². The Labute approximate surface area is 183 Å². The summed E-state index contributed by atoms with van der Waals surface area (Å²) in [7, 11) is 0. The lowest BCUT2D eigenvalue weighted by atomic mass is 9.96. The van der Waals surface area contributed by atoms with Gasteiger partial charge in [-0.15, -0.1) is 0 Å². The van der Waals surface area contributed by atoms with E-state index in [-0.39, 0.29) is 18.6 Å². The van der Waals surface area contributed by atoms with Gasteiger partial charge >= 0.3 is 0 Å². The number of rotatable bonds is 6. The molecule has 0 aliphatic carbocycles. The normalized spacial score (nSPS) is 14.3. The fourth-order valence-electron chi connectivity index (χ4n) is 4.03. The molecule has 156 valence electrons. The molecule has 0 unspecified atom stereocenters. The molecular weight excluding hydrogens is 386 g/mol. The first-order valence-corrected chi connectivity index (χ1v) is 10.5. The molecule has 1 amide bonds. The van der Waals surface area contributed by atoms with Crippen molar-refractivity contribution in [1.29, 1.82) is 5.26 Å². The zero-order chi connectivity index (χ0) is 21.5. The summed E-state index contributed by atoms with van der Waals surface area (Å²) in [6.07, 6.45) is 0. The topological polar surface area (TPSA) is 56.6 Å². The first-order chi connectivity index (χ1) is 15.3. The van der Waals surface area contributed by atoms with Gasteiger partial charge in [-0.2, -0.15) is 5.26 Å². The molecular formula is C26H25N3O2. The highest BCUT2D eigenvalue weighted by Gasteiger charge is 2.28. The molecule has 3 aromatic carbocycles. The average Bonchev–Trinajstić information content (AvgIpc) is 2.84. The zero-order valence-corrected chi connectivity index (χ0v) is 17.4. The van der Waals surface area contributed by atoms with Crippen molar-refractivity contribution < 1.29 is 9.53 Å². The van der Waals surface area contributed by atoms with E-state index in [1.165, 1.54) is 11.1 Å². The van der Waals surface area contributed by atoms with Crippen LogP contribution in [0.3, 0.4) is 0 Å². The van der Waals surface area contributed by atoms with Crippen molar-refractivity contribution in [2.45, 2.75) is 6.04 Å². The molecule has 1 saturated heterocycles. The molecule has 4 rings (SSSR count). The number of ether oxygens (including phenoxy) is 1. The summed E-state index contributed by atoms with van der Waals surface area (Å²) in [4.78, 5) is 17.0. The number of para-hydroxylation sites is 1. The van der Waals surface area contributed by atoms with E-state index in [4.69, 9.17) is 4.74 Å². The summed E-state index contributed by atoms with van der Waals surface area (Å²) >= 11 is 0. The van der Waals surface area contributed by atoms with Crippen molar-refractivity contribution in [2.75, 3.05) is 32.8 Å². The second kappa shape index (κ2) is 9.92. The maximum absolute atomic E-state index is 12.7. The quantitative estimate of drug-likeness (QED) is 0.618. The summed E-state index contributed by atoms with van der Waals surface area (Å²) in [5, 5.41) is 9.17. The van der Waals surface area contributed by atoms with Gasteiger partial charge in [-0.1, -0.05) is 72.8 Å². The molecule has 3 aromatic rings. The molecule has 0 N–H and O–H groups in total. The number of hydrogen-bond acceptors (Lipinski definition) is 4. The van der Waals surface area contributed by atoms with E-state index in [0.29, 0.717) is 24.4 Å². The highest BCUT2D eigenvalue weighted by molar-refractivity contribution is 5.78. The highest BCUT2D eigenvalue weighted by atomic mass is 16.5. The number of carbonyl (C=O) groups excluding carboxylic acids is 1. The summed E-state index contributed by atoms with van der Waals surface area (Å²) in [5.41, 5.74) is 2.95. The Morgan fingerprint density at radius 3 is 1.97 bits per heavy atom. The van der Waals surface area contributed by atoms with Crippen LogP contribution in [0.4, 0.5) is 0 Å². The Morgan fingerprint density at radius 2 is 1.39 bits per heavy atom. The van der Waals surface area contributed by atoms with Crippen molar-refractivity contribution in [3.63, 3.8) is 0 Å². The molecule has 1 heterocycles. The Bertz CT molecular complexity index is 1000. The Kier molecular flexibility index (Phi) is 6.61. The summed E-state index contributed by atoms with van der Waals surface area (Å²) in [6.45, 7) is 2.82. The fourth-order valence-corrected chi connectivity index (χ4v) is 4.03. The monoisotopic (exact) mass is 411 g/mol. The number of carbonyl (C=O) groups is 1. The van der Waals surface area contributed by atoms with Crippen LogP contribution in [-0.4, -0.2) is 48.5 Å². The van der Waals surface area contributed by atoms with E-state index in [9.17, 15) is 10.1 Å².